The number of nitrogens with two attached hydrogens (primary N) is 1. The average Bonchev–Trinajstić information content (AvgIpc) is 2.15. The fraction of sp³-hybridized carbons (Fsp3) is 0. The van der Waals surface area contributed by atoms with Gasteiger partial charge in [0.05, 0.1) is 4.92 Å². The fourth-order valence-electron chi connectivity index (χ4n) is 1.07. The lowest BCUT2D eigenvalue weighted by atomic mass is 10.1. The molecule has 1 rings (SSSR count). The molecular formula is C8H5IN2O4. The second-order valence-corrected chi connectivity index (χ2v) is 3.80. The van der Waals surface area contributed by atoms with Crippen LogP contribution in [0.25, 0.3) is 0 Å². The predicted molar refractivity (Wildman–Crippen MR) is 59.7 cm³/mol. The molecule has 0 bridgehead atoms. The van der Waals surface area contributed by atoms with Gasteiger partial charge in [0.2, 0.25) is 0 Å². The molecule has 0 fully saturated rings. The first-order chi connectivity index (χ1) is 6.97. The Morgan fingerprint density at radius 1 is 1.53 bits per heavy atom. The van der Waals surface area contributed by atoms with Crippen molar-refractivity contribution in [3.63, 3.8) is 0 Å². The molecule has 0 heterocycles. The number of aldehydes is 1. The van der Waals surface area contributed by atoms with Crippen LogP contribution in [0, 0.1) is 13.7 Å². The van der Waals surface area contributed by atoms with Crippen LogP contribution in [0.4, 0.5) is 5.69 Å². The van der Waals surface area contributed by atoms with Crippen LogP contribution >= 0.6 is 22.6 Å². The average molecular weight is 320 g/mol. The molecule has 1 amide bonds. The number of nitrogens with zero attached hydrogens (tertiary/aromatic N) is 1. The number of amides is 1. The van der Waals surface area contributed by atoms with E-state index in [9.17, 15) is 19.7 Å². The normalized spacial score (nSPS) is 9.67. The van der Waals surface area contributed by atoms with Crippen LogP contribution in [-0.2, 0) is 0 Å². The first-order valence-electron chi connectivity index (χ1n) is 3.70. The molecule has 0 saturated carbocycles. The van der Waals surface area contributed by atoms with Gasteiger partial charge in [0.15, 0.2) is 0 Å². The number of carbonyl (C=O) groups is 2. The largest absolute Gasteiger partial charge is 0.365 e. The van der Waals surface area contributed by atoms with Crippen LogP contribution < -0.4 is 5.73 Å². The lowest BCUT2D eigenvalue weighted by molar-refractivity contribution is -0.385. The summed E-state index contributed by atoms with van der Waals surface area (Å²) in [5.41, 5.74) is 4.52. The van der Waals surface area contributed by atoms with E-state index in [1.807, 2.05) is 0 Å². The molecule has 0 saturated heterocycles. The molecule has 15 heavy (non-hydrogen) atoms. The monoisotopic (exact) mass is 320 g/mol. The lowest BCUT2D eigenvalue weighted by Gasteiger charge is -2.02. The molecule has 1 aromatic rings. The van der Waals surface area contributed by atoms with Gasteiger partial charge in [-0.25, -0.2) is 0 Å². The predicted octanol–water partition coefficient (Wildman–Crippen LogP) is 1.11. The van der Waals surface area contributed by atoms with Gasteiger partial charge < -0.3 is 5.73 Å². The quantitative estimate of drug-likeness (QED) is 0.390. The Labute approximate surface area is 97.7 Å². The summed E-state index contributed by atoms with van der Waals surface area (Å²) in [7, 11) is 0. The Balaban J connectivity index is 3.56. The molecule has 0 spiro atoms. The van der Waals surface area contributed by atoms with Gasteiger partial charge in [0.1, 0.15) is 11.8 Å². The number of nitro benzene ring substituents is 1. The van der Waals surface area contributed by atoms with Crippen molar-refractivity contribution in [1.82, 2.24) is 0 Å². The van der Waals surface area contributed by atoms with Gasteiger partial charge in [0.25, 0.3) is 11.6 Å². The van der Waals surface area contributed by atoms with Crippen LogP contribution in [-0.4, -0.2) is 17.1 Å². The van der Waals surface area contributed by atoms with Gasteiger partial charge in [-0.05, 0) is 28.7 Å². The summed E-state index contributed by atoms with van der Waals surface area (Å²) in [4.78, 5) is 31.3. The van der Waals surface area contributed by atoms with Crippen LogP contribution in [0.15, 0.2) is 12.1 Å². The lowest BCUT2D eigenvalue weighted by Crippen LogP contribution is -2.15. The number of rotatable bonds is 3. The van der Waals surface area contributed by atoms with E-state index in [1.165, 1.54) is 6.07 Å². The zero-order chi connectivity index (χ0) is 11.6. The molecule has 0 aliphatic carbocycles. The molecule has 0 unspecified atom stereocenters. The van der Waals surface area contributed by atoms with Crippen molar-refractivity contribution in [2.45, 2.75) is 0 Å². The number of halogens is 1. The molecule has 78 valence electrons. The fourth-order valence-corrected chi connectivity index (χ4v) is 1.97. The maximum absolute atomic E-state index is 11.0. The van der Waals surface area contributed by atoms with Crippen molar-refractivity contribution in [3.8, 4) is 0 Å². The highest BCUT2D eigenvalue weighted by molar-refractivity contribution is 14.1. The zero-order valence-corrected chi connectivity index (χ0v) is 9.43. The first-order valence-corrected chi connectivity index (χ1v) is 4.78. The smallest absolute Gasteiger partial charge is 0.283 e. The number of hydrogen-bond acceptors (Lipinski definition) is 4. The summed E-state index contributed by atoms with van der Waals surface area (Å²) in [6, 6.07) is 2.38. The van der Waals surface area contributed by atoms with E-state index in [0.717, 1.165) is 6.07 Å². The number of benzene rings is 1. The Kier molecular flexibility index (Phi) is 3.35. The van der Waals surface area contributed by atoms with Crippen LogP contribution in [0.5, 0.6) is 0 Å². The molecular weight excluding hydrogens is 315 g/mol. The van der Waals surface area contributed by atoms with E-state index in [4.69, 9.17) is 5.73 Å². The summed E-state index contributed by atoms with van der Waals surface area (Å²) in [6.07, 6.45) is 0.472. The Morgan fingerprint density at radius 2 is 2.13 bits per heavy atom. The Bertz CT molecular complexity index is 458. The van der Waals surface area contributed by atoms with Gasteiger partial charge in [-0.15, -0.1) is 0 Å². The molecule has 0 aliphatic heterocycles. The first kappa shape index (κ1) is 11.6. The minimum absolute atomic E-state index is 0.135. The van der Waals surface area contributed by atoms with Gasteiger partial charge in [-0.2, -0.15) is 0 Å². The summed E-state index contributed by atoms with van der Waals surface area (Å²) in [5.74, 6) is -0.886. The number of carbonyl (C=O) groups excluding carboxylic acids is 2. The third-order valence-electron chi connectivity index (χ3n) is 1.67. The minimum atomic E-state index is -0.886. The van der Waals surface area contributed by atoms with E-state index in [-0.39, 0.29) is 14.7 Å². The second kappa shape index (κ2) is 4.34. The molecule has 0 aromatic heterocycles. The maximum atomic E-state index is 11.0. The molecule has 1 aromatic carbocycles. The van der Waals surface area contributed by atoms with Crippen molar-refractivity contribution in [2.24, 2.45) is 5.73 Å². The molecule has 0 aliphatic rings. The Morgan fingerprint density at radius 3 is 2.53 bits per heavy atom. The van der Waals surface area contributed by atoms with E-state index < -0.39 is 16.5 Å². The summed E-state index contributed by atoms with van der Waals surface area (Å²) >= 11 is 1.72. The van der Waals surface area contributed by atoms with Gasteiger partial charge in [0, 0.05) is 15.2 Å². The van der Waals surface area contributed by atoms with Crippen molar-refractivity contribution in [1.29, 1.82) is 0 Å². The van der Waals surface area contributed by atoms with Crippen molar-refractivity contribution >= 4 is 40.5 Å². The third kappa shape index (κ3) is 2.29. The number of primary amides is 1. The number of hydrogen-bond donors (Lipinski definition) is 1. The van der Waals surface area contributed by atoms with Crippen molar-refractivity contribution < 1.29 is 14.5 Å². The second-order valence-electron chi connectivity index (χ2n) is 2.64. The highest BCUT2D eigenvalue weighted by Crippen LogP contribution is 2.25. The molecule has 7 heteroatoms. The van der Waals surface area contributed by atoms with Crippen molar-refractivity contribution in [3.05, 3.63) is 36.9 Å². The van der Waals surface area contributed by atoms with Gasteiger partial charge in [-0.1, -0.05) is 0 Å². The highest BCUT2D eigenvalue weighted by atomic mass is 127. The van der Waals surface area contributed by atoms with Crippen LogP contribution in [0.2, 0.25) is 0 Å². The van der Waals surface area contributed by atoms with Gasteiger partial charge in [-0.3, -0.25) is 19.7 Å². The van der Waals surface area contributed by atoms with Gasteiger partial charge >= 0.3 is 0 Å². The van der Waals surface area contributed by atoms with Crippen molar-refractivity contribution in [2.75, 3.05) is 0 Å². The van der Waals surface area contributed by atoms with Crippen LogP contribution in [0.1, 0.15) is 20.7 Å². The molecule has 2 N–H and O–H groups in total. The maximum Gasteiger partial charge on any atom is 0.283 e. The topological polar surface area (TPSA) is 103 Å². The van der Waals surface area contributed by atoms with E-state index in [2.05, 4.69) is 0 Å². The highest BCUT2D eigenvalue weighted by Gasteiger charge is 2.22. The molecule has 6 nitrogen and oxygen atoms in total. The Hall–Kier alpha value is -1.51. The van der Waals surface area contributed by atoms with Crippen LogP contribution in [0.3, 0.4) is 0 Å². The molecule has 0 atom stereocenters. The summed E-state index contributed by atoms with van der Waals surface area (Å²) in [6.45, 7) is 0. The summed E-state index contributed by atoms with van der Waals surface area (Å²) < 4.78 is 0.288. The minimum Gasteiger partial charge on any atom is -0.365 e. The summed E-state index contributed by atoms with van der Waals surface area (Å²) in [5, 5.41) is 10.6. The van der Waals surface area contributed by atoms with E-state index in [0.29, 0.717) is 6.29 Å². The third-order valence-corrected chi connectivity index (χ3v) is 2.52. The zero-order valence-electron chi connectivity index (χ0n) is 7.27. The number of nitro groups is 1. The SMILES string of the molecule is NC(=O)c1c(I)cc(C=O)cc1[N+](=O)[O-]. The van der Waals surface area contributed by atoms with E-state index >= 15 is 0 Å². The van der Waals surface area contributed by atoms with E-state index in [1.54, 1.807) is 22.6 Å². The standard InChI is InChI=1S/C8H5IN2O4/c9-5-1-4(3-12)2-6(11(14)15)7(5)8(10)13/h1-3H,(H2,10,13). The molecule has 0 radical (unpaired) electrons.